The van der Waals surface area contributed by atoms with Gasteiger partial charge >= 0.3 is 0 Å². The van der Waals surface area contributed by atoms with Gasteiger partial charge in [0.25, 0.3) is 0 Å². The summed E-state index contributed by atoms with van der Waals surface area (Å²) >= 11 is 0. The first kappa shape index (κ1) is 14.3. The fraction of sp³-hybridized carbons (Fsp3) is 0.588. The number of unbranched alkanes of at least 4 members (excludes halogenated alkanes) is 1. The topological polar surface area (TPSA) is 29.1 Å². The second-order valence-electron chi connectivity index (χ2n) is 5.50. The maximum Gasteiger partial charge on any atom is 0.167 e. The average molecular weight is 259 g/mol. The van der Waals surface area contributed by atoms with Crippen molar-refractivity contribution in [3.63, 3.8) is 0 Å². The molecule has 0 unspecified atom stereocenters. The molecule has 1 aromatic rings. The smallest absolute Gasteiger partial charge is 0.167 e. The molecule has 104 valence electrons. The van der Waals surface area contributed by atoms with Crippen LogP contribution in [0, 0.1) is 5.92 Å². The fourth-order valence-corrected chi connectivity index (χ4v) is 2.74. The van der Waals surface area contributed by atoms with Crippen LogP contribution in [-0.2, 0) is 12.8 Å². The lowest BCUT2D eigenvalue weighted by Crippen LogP contribution is -2.32. The molecule has 2 heteroatoms. The molecule has 0 saturated heterocycles. The lowest BCUT2D eigenvalue weighted by molar-refractivity contribution is 0.0901. The van der Waals surface area contributed by atoms with Gasteiger partial charge in [-0.1, -0.05) is 32.4 Å². The summed E-state index contributed by atoms with van der Waals surface area (Å²) in [5.41, 5.74) is 3.49. The minimum atomic E-state index is 0.177. The van der Waals surface area contributed by atoms with Gasteiger partial charge in [-0.25, -0.2) is 0 Å². The van der Waals surface area contributed by atoms with Gasteiger partial charge < -0.3 is 5.32 Å². The van der Waals surface area contributed by atoms with Gasteiger partial charge in [0, 0.05) is 18.0 Å². The highest BCUT2D eigenvalue weighted by Crippen LogP contribution is 2.26. The molecular formula is C17H25NO. The summed E-state index contributed by atoms with van der Waals surface area (Å²) in [6.45, 7) is 6.20. The van der Waals surface area contributed by atoms with E-state index in [1.807, 2.05) is 0 Å². The van der Waals surface area contributed by atoms with Crippen molar-refractivity contribution in [2.24, 2.45) is 5.92 Å². The van der Waals surface area contributed by atoms with Crippen LogP contribution in [0.5, 0.6) is 0 Å². The largest absolute Gasteiger partial charge is 0.316 e. The van der Waals surface area contributed by atoms with Crippen molar-refractivity contribution >= 4 is 5.78 Å². The molecule has 1 atom stereocenters. The molecule has 1 aromatic carbocycles. The molecule has 0 heterocycles. The molecule has 2 nitrogen and oxygen atoms in total. The highest BCUT2D eigenvalue weighted by atomic mass is 16.1. The van der Waals surface area contributed by atoms with Crippen molar-refractivity contribution in [1.29, 1.82) is 0 Å². The predicted molar refractivity (Wildman–Crippen MR) is 79.7 cm³/mol. The monoisotopic (exact) mass is 259 g/mol. The van der Waals surface area contributed by atoms with Crippen molar-refractivity contribution in [2.75, 3.05) is 13.1 Å². The summed E-state index contributed by atoms with van der Waals surface area (Å²) in [5, 5.41) is 3.43. The van der Waals surface area contributed by atoms with E-state index >= 15 is 0 Å². The van der Waals surface area contributed by atoms with Crippen LogP contribution < -0.4 is 5.32 Å². The predicted octanol–water partition coefficient (Wildman–Crippen LogP) is 3.38. The Morgan fingerprint density at radius 3 is 2.89 bits per heavy atom. The van der Waals surface area contributed by atoms with Crippen LogP contribution in [0.25, 0.3) is 0 Å². The number of benzene rings is 1. The number of nitrogens with one attached hydrogen (secondary N) is 1. The van der Waals surface area contributed by atoms with E-state index in [9.17, 15) is 4.79 Å². The first-order chi connectivity index (χ1) is 9.26. The zero-order chi connectivity index (χ0) is 13.7. The average Bonchev–Trinajstić information content (AvgIpc) is 2.45. The molecule has 0 aromatic heterocycles. The number of rotatable bonds is 6. The second kappa shape index (κ2) is 6.85. The molecule has 0 spiro atoms. The summed E-state index contributed by atoms with van der Waals surface area (Å²) in [6, 6.07) is 6.41. The SMILES string of the molecule is CCCCNC[C@@H]1CCc2ccc(CC)cc2C1=O. The maximum atomic E-state index is 12.5. The summed E-state index contributed by atoms with van der Waals surface area (Å²) in [6.07, 6.45) is 5.44. The Bertz CT molecular complexity index is 439. The van der Waals surface area contributed by atoms with Gasteiger partial charge in [-0.05, 0) is 49.4 Å². The Balaban J connectivity index is 2.01. The standard InChI is InChI=1S/C17H25NO/c1-3-5-10-18-12-15-9-8-14-7-6-13(4-2)11-16(14)17(15)19/h6-7,11,15,18H,3-5,8-10,12H2,1-2H3/t15-/m0/s1. The van der Waals surface area contributed by atoms with Gasteiger partial charge in [-0.2, -0.15) is 0 Å². The third kappa shape index (κ3) is 3.44. The first-order valence-electron chi connectivity index (χ1n) is 7.63. The Labute approximate surface area is 116 Å². The van der Waals surface area contributed by atoms with E-state index in [4.69, 9.17) is 0 Å². The Morgan fingerprint density at radius 1 is 1.32 bits per heavy atom. The summed E-state index contributed by atoms with van der Waals surface area (Å²) < 4.78 is 0. The minimum Gasteiger partial charge on any atom is -0.316 e. The lowest BCUT2D eigenvalue weighted by Gasteiger charge is -2.24. The van der Waals surface area contributed by atoms with Crippen LogP contribution in [0.4, 0.5) is 0 Å². The molecule has 0 fully saturated rings. The highest BCUT2D eigenvalue weighted by Gasteiger charge is 2.26. The van der Waals surface area contributed by atoms with Crippen molar-refractivity contribution in [3.8, 4) is 0 Å². The molecule has 1 aliphatic rings. The third-order valence-corrected chi connectivity index (χ3v) is 4.08. The van der Waals surface area contributed by atoms with Gasteiger partial charge in [0.05, 0.1) is 0 Å². The summed E-state index contributed by atoms with van der Waals surface area (Å²) in [5.74, 6) is 0.525. The molecule has 0 amide bonds. The fourth-order valence-electron chi connectivity index (χ4n) is 2.74. The van der Waals surface area contributed by atoms with Gasteiger partial charge in [0.2, 0.25) is 0 Å². The van der Waals surface area contributed by atoms with Gasteiger partial charge in [0.1, 0.15) is 0 Å². The zero-order valence-electron chi connectivity index (χ0n) is 12.2. The van der Waals surface area contributed by atoms with Crippen molar-refractivity contribution < 1.29 is 4.79 Å². The molecule has 2 rings (SSSR count). The summed E-state index contributed by atoms with van der Waals surface area (Å²) in [7, 11) is 0. The number of aryl methyl sites for hydroxylation is 2. The van der Waals surface area contributed by atoms with E-state index in [0.717, 1.165) is 37.9 Å². The van der Waals surface area contributed by atoms with Crippen LogP contribution in [0.1, 0.15) is 54.6 Å². The Hall–Kier alpha value is -1.15. The van der Waals surface area contributed by atoms with E-state index in [2.05, 4.69) is 37.4 Å². The Morgan fingerprint density at radius 2 is 2.16 bits per heavy atom. The van der Waals surface area contributed by atoms with Gasteiger partial charge in [-0.15, -0.1) is 0 Å². The number of hydrogen-bond acceptors (Lipinski definition) is 2. The molecule has 0 aliphatic heterocycles. The maximum absolute atomic E-state index is 12.5. The second-order valence-corrected chi connectivity index (χ2v) is 5.50. The zero-order valence-corrected chi connectivity index (χ0v) is 12.2. The molecule has 1 N–H and O–H groups in total. The van der Waals surface area contributed by atoms with Crippen LogP contribution in [0.15, 0.2) is 18.2 Å². The first-order valence-corrected chi connectivity index (χ1v) is 7.63. The molecular weight excluding hydrogens is 234 g/mol. The molecule has 0 radical (unpaired) electrons. The quantitative estimate of drug-likeness (QED) is 0.793. The molecule has 19 heavy (non-hydrogen) atoms. The van der Waals surface area contributed by atoms with Gasteiger partial charge in [-0.3, -0.25) is 4.79 Å². The molecule has 0 saturated carbocycles. The minimum absolute atomic E-state index is 0.177. The molecule has 1 aliphatic carbocycles. The van der Waals surface area contributed by atoms with E-state index in [-0.39, 0.29) is 5.92 Å². The van der Waals surface area contributed by atoms with E-state index < -0.39 is 0 Å². The molecule has 0 bridgehead atoms. The third-order valence-electron chi connectivity index (χ3n) is 4.08. The number of Topliss-reactive ketones (excluding diaryl/α,β-unsaturated/α-hetero) is 1. The Kier molecular flexibility index (Phi) is 5.15. The van der Waals surface area contributed by atoms with E-state index in [1.54, 1.807) is 0 Å². The number of fused-ring (bicyclic) bond motifs is 1. The van der Waals surface area contributed by atoms with Crippen molar-refractivity contribution in [2.45, 2.75) is 46.0 Å². The van der Waals surface area contributed by atoms with Crippen LogP contribution in [-0.4, -0.2) is 18.9 Å². The van der Waals surface area contributed by atoms with E-state index in [0.29, 0.717) is 5.78 Å². The van der Waals surface area contributed by atoms with Crippen molar-refractivity contribution in [3.05, 3.63) is 34.9 Å². The number of carbonyl (C=O) groups excluding carboxylic acids is 1. The van der Waals surface area contributed by atoms with E-state index in [1.165, 1.54) is 24.0 Å². The van der Waals surface area contributed by atoms with Crippen molar-refractivity contribution in [1.82, 2.24) is 5.32 Å². The van der Waals surface area contributed by atoms with Crippen LogP contribution in [0.3, 0.4) is 0 Å². The summed E-state index contributed by atoms with van der Waals surface area (Å²) in [4.78, 5) is 12.5. The van der Waals surface area contributed by atoms with Crippen LogP contribution in [0.2, 0.25) is 0 Å². The van der Waals surface area contributed by atoms with Crippen LogP contribution >= 0.6 is 0 Å². The number of hydrogen-bond donors (Lipinski definition) is 1. The normalized spacial score (nSPS) is 18.4. The number of ketones is 1. The highest BCUT2D eigenvalue weighted by molar-refractivity contribution is 6.00. The number of carbonyl (C=O) groups is 1. The van der Waals surface area contributed by atoms with Gasteiger partial charge in [0.15, 0.2) is 5.78 Å². The lowest BCUT2D eigenvalue weighted by atomic mass is 9.82.